The molecule has 0 saturated carbocycles. The van der Waals surface area contributed by atoms with Crippen molar-refractivity contribution in [3.8, 4) is 0 Å². The van der Waals surface area contributed by atoms with Gasteiger partial charge in [0.25, 0.3) is 0 Å². The maximum atomic E-state index is 11.3. The predicted octanol–water partition coefficient (Wildman–Crippen LogP) is 3.66. The first kappa shape index (κ1) is 17.7. The summed E-state index contributed by atoms with van der Waals surface area (Å²) >= 11 is 5.39. The molecule has 0 radical (unpaired) electrons. The van der Waals surface area contributed by atoms with Crippen LogP contribution in [0.5, 0.6) is 0 Å². The number of aliphatic hydroxyl groups is 1. The quantitative estimate of drug-likeness (QED) is 0.337. The Morgan fingerprint density at radius 2 is 1.67 bits per heavy atom. The molecule has 0 heterocycles. The lowest BCUT2D eigenvalue weighted by Crippen LogP contribution is -2.19. The fraction of sp³-hybridized carbons (Fsp3) is 0.929. The van der Waals surface area contributed by atoms with Crippen LogP contribution in [0.15, 0.2) is 0 Å². The van der Waals surface area contributed by atoms with Crippen LogP contribution in [0.3, 0.4) is 0 Å². The van der Waals surface area contributed by atoms with Gasteiger partial charge in [0.1, 0.15) is 12.7 Å². The van der Waals surface area contributed by atoms with Crippen LogP contribution in [0.1, 0.15) is 64.7 Å². The minimum atomic E-state index is -0.741. The van der Waals surface area contributed by atoms with Crippen LogP contribution in [0.2, 0.25) is 0 Å². The fourth-order valence-corrected chi connectivity index (χ4v) is 1.80. The van der Waals surface area contributed by atoms with Gasteiger partial charge < -0.3 is 9.84 Å². The summed E-state index contributed by atoms with van der Waals surface area (Å²) in [4.78, 5) is 11.3. The fourth-order valence-electron chi connectivity index (χ4n) is 1.71. The van der Waals surface area contributed by atoms with Crippen molar-refractivity contribution in [3.63, 3.8) is 0 Å². The molecule has 0 aromatic rings. The van der Waals surface area contributed by atoms with Crippen molar-refractivity contribution >= 4 is 17.6 Å². The second-order valence-corrected chi connectivity index (χ2v) is 5.02. The van der Waals surface area contributed by atoms with Gasteiger partial charge in [0.15, 0.2) is 0 Å². The molecule has 1 atom stereocenters. The molecule has 0 rings (SSSR count). The SMILES string of the molecule is CCCCCCCCCCC(=O)OCC(O)CCl. The Morgan fingerprint density at radius 3 is 2.22 bits per heavy atom. The van der Waals surface area contributed by atoms with Crippen LogP contribution in [0, 0.1) is 0 Å². The molecule has 1 unspecified atom stereocenters. The first-order valence-electron chi connectivity index (χ1n) is 7.10. The third-order valence-corrected chi connectivity index (χ3v) is 3.21. The van der Waals surface area contributed by atoms with Crippen molar-refractivity contribution in [2.24, 2.45) is 0 Å². The number of carbonyl (C=O) groups excluding carboxylic acids is 1. The maximum absolute atomic E-state index is 11.3. The normalized spacial score (nSPS) is 12.4. The number of ether oxygens (including phenoxy) is 1. The second-order valence-electron chi connectivity index (χ2n) is 4.72. The van der Waals surface area contributed by atoms with E-state index >= 15 is 0 Å². The summed E-state index contributed by atoms with van der Waals surface area (Å²) < 4.78 is 4.88. The molecule has 0 fully saturated rings. The number of carbonyl (C=O) groups is 1. The first-order valence-corrected chi connectivity index (χ1v) is 7.63. The lowest BCUT2D eigenvalue weighted by Gasteiger charge is -2.08. The van der Waals surface area contributed by atoms with E-state index in [-0.39, 0.29) is 18.5 Å². The number of hydrogen-bond donors (Lipinski definition) is 1. The van der Waals surface area contributed by atoms with E-state index in [0.717, 1.165) is 12.8 Å². The van der Waals surface area contributed by atoms with Gasteiger partial charge in [-0.3, -0.25) is 4.79 Å². The molecule has 1 N–H and O–H groups in total. The van der Waals surface area contributed by atoms with Crippen LogP contribution >= 0.6 is 11.6 Å². The number of halogens is 1. The molecule has 4 heteroatoms. The van der Waals surface area contributed by atoms with Gasteiger partial charge in [-0.15, -0.1) is 11.6 Å². The van der Waals surface area contributed by atoms with E-state index in [2.05, 4.69) is 6.92 Å². The zero-order valence-corrected chi connectivity index (χ0v) is 12.3. The number of esters is 1. The summed E-state index contributed by atoms with van der Waals surface area (Å²) in [7, 11) is 0. The molecular weight excluding hydrogens is 252 g/mol. The Kier molecular flexibility index (Phi) is 13.0. The second kappa shape index (κ2) is 13.2. The lowest BCUT2D eigenvalue weighted by molar-refractivity contribution is -0.146. The van der Waals surface area contributed by atoms with Crippen molar-refractivity contribution in [3.05, 3.63) is 0 Å². The van der Waals surface area contributed by atoms with E-state index in [4.69, 9.17) is 21.4 Å². The molecule has 0 aromatic heterocycles. The van der Waals surface area contributed by atoms with Crippen LogP contribution in [-0.4, -0.2) is 29.7 Å². The van der Waals surface area contributed by atoms with Gasteiger partial charge in [-0.05, 0) is 6.42 Å². The highest BCUT2D eigenvalue weighted by atomic mass is 35.5. The first-order chi connectivity index (χ1) is 8.70. The zero-order chi connectivity index (χ0) is 13.6. The van der Waals surface area contributed by atoms with Crippen molar-refractivity contribution in [2.75, 3.05) is 12.5 Å². The molecule has 108 valence electrons. The van der Waals surface area contributed by atoms with Gasteiger partial charge in [0.05, 0.1) is 5.88 Å². The summed E-state index contributed by atoms with van der Waals surface area (Å²) in [6.45, 7) is 2.23. The van der Waals surface area contributed by atoms with Gasteiger partial charge in [-0.1, -0.05) is 51.9 Å². The molecule has 0 bridgehead atoms. The third kappa shape index (κ3) is 12.2. The molecule has 0 amide bonds. The maximum Gasteiger partial charge on any atom is 0.305 e. The molecule has 18 heavy (non-hydrogen) atoms. The van der Waals surface area contributed by atoms with Crippen LogP contribution in [0.25, 0.3) is 0 Å². The average molecular weight is 279 g/mol. The molecule has 3 nitrogen and oxygen atoms in total. The standard InChI is InChI=1S/C14H27ClO3/c1-2-3-4-5-6-7-8-9-10-14(17)18-12-13(16)11-15/h13,16H,2-12H2,1H3. The molecular formula is C14H27ClO3. The minimum absolute atomic E-state index is 0.0132. The Labute approximate surface area is 116 Å². The number of rotatable bonds is 12. The summed E-state index contributed by atoms with van der Waals surface area (Å²) in [5, 5.41) is 9.11. The lowest BCUT2D eigenvalue weighted by atomic mass is 10.1. The van der Waals surface area contributed by atoms with E-state index in [9.17, 15) is 4.79 Å². The van der Waals surface area contributed by atoms with Crippen molar-refractivity contribution < 1.29 is 14.6 Å². The summed E-state index contributed by atoms with van der Waals surface area (Å²) in [6.07, 6.45) is 9.37. The Balaban J connectivity index is 3.20. The third-order valence-electron chi connectivity index (χ3n) is 2.85. The Morgan fingerprint density at radius 1 is 1.11 bits per heavy atom. The molecule has 0 aliphatic rings. The topological polar surface area (TPSA) is 46.5 Å². The van der Waals surface area contributed by atoms with Gasteiger partial charge in [0, 0.05) is 6.42 Å². The minimum Gasteiger partial charge on any atom is -0.463 e. The average Bonchev–Trinajstić information content (AvgIpc) is 2.39. The number of aliphatic hydroxyl groups excluding tert-OH is 1. The largest absolute Gasteiger partial charge is 0.463 e. The van der Waals surface area contributed by atoms with Gasteiger partial charge in [-0.25, -0.2) is 0 Å². The van der Waals surface area contributed by atoms with Gasteiger partial charge in [0.2, 0.25) is 0 Å². The summed E-state index contributed by atoms with van der Waals surface area (Å²) in [5.41, 5.74) is 0. The highest BCUT2D eigenvalue weighted by Gasteiger charge is 2.07. The number of hydrogen-bond acceptors (Lipinski definition) is 3. The van der Waals surface area contributed by atoms with E-state index in [0.29, 0.717) is 6.42 Å². The molecule has 0 saturated heterocycles. The van der Waals surface area contributed by atoms with E-state index in [1.807, 2.05) is 0 Å². The zero-order valence-electron chi connectivity index (χ0n) is 11.5. The number of alkyl halides is 1. The van der Waals surface area contributed by atoms with Crippen molar-refractivity contribution in [1.82, 2.24) is 0 Å². The van der Waals surface area contributed by atoms with Crippen LogP contribution in [0.4, 0.5) is 0 Å². The molecule has 0 aromatic carbocycles. The molecule has 0 aliphatic heterocycles. The van der Waals surface area contributed by atoms with E-state index in [1.54, 1.807) is 0 Å². The van der Waals surface area contributed by atoms with Crippen LogP contribution in [-0.2, 0) is 9.53 Å². The van der Waals surface area contributed by atoms with Crippen molar-refractivity contribution in [1.29, 1.82) is 0 Å². The van der Waals surface area contributed by atoms with Gasteiger partial charge in [-0.2, -0.15) is 0 Å². The molecule has 0 spiro atoms. The summed E-state index contributed by atoms with van der Waals surface area (Å²) in [5.74, 6) is -0.129. The van der Waals surface area contributed by atoms with E-state index < -0.39 is 6.10 Å². The van der Waals surface area contributed by atoms with Crippen LogP contribution < -0.4 is 0 Å². The Hall–Kier alpha value is -0.280. The van der Waals surface area contributed by atoms with Gasteiger partial charge >= 0.3 is 5.97 Å². The monoisotopic (exact) mass is 278 g/mol. The van der Waals surface area contributed by atoms with E-state index in [1.165, 1.54) is 38.5 Å². The molecule has 0 aliphatic carbocycles. The summed E-state index contributed by atoms with van der Waals surface area (Å²) in [6, 6.07) is 0. The Bertz CT molecular complexity index is 197. The highest BCUT2D eigenvalue weighted by molar-refractivity contribution is 6.18. The van der Waals surface area contributed by atoms with Crippen molar-refractivity contribution in [2.45, 2.75) is 70.8 Å². The number of unbranched alkanes of at least 4 members (excludes halogenated alkanes) is 7. The highest BCUT2D eigenvalue weighted by Crippen LogP contribution is 2.09. The smallest absolute Gasteiger partial charge is 0.305 e. The predicted molar refractivity (Wildman–Crippen MR) is 74.9 cm³/mol.